The van der Waals surface area contributed by atoms with Crippen LogP contribution in [0.1, 0.15) is 64.7 Å². The Hall–Kier alpha value is -0.0800. The van der Waals surface area contributed by atoms with Gasteiger partial charge < -0.3 is 10.2 Å². The summed E-state index contributed by atoms with van der Waals surface area (Å²) in [4.78, 5) is 2.76. The Kier molecular flexibility index (Phi) is 4.48. The van der Waals surface area contributed by atoms with Crippen LogP contribution >= 0.6 is 0 Å². The summed E-state index contributed by atoms with van der Waals surface area (Å²) < 4.78 is 0. The first-order valence-corrected chi connectivity index (χ1v) is 8.73. The van der Waals surface area contributed by atoms with Crippen molar-refractivity contribution in [1.29, 1.82) is 0 Å². The van der Waals surface area contributed by atoms with Crippen molar-refractivity contribution >= 4 is 0 Å². The molecule has 2 aliphatic carbocycles. The van der Waals surface area contributed by atoms with Crippen LogP contribution in [-0.4, -0.2) is 36.6 Å². The summed E-state index contributed by atoms with van der Waals surface area (Å²) in [5, 5.41) is 3.83. The van der Waals surface area contributed by atoms with Crippen molar-refractivity contribution < 1.29 is 0 Å². The van der Waals surface area contributed by atoms with Crippen LogP contribution < -0.4 is 5.32 Å². The fourth-order valence-electron chi connectivity index (χ4n) is 4.81. The molecule has 1 spiro atoms. The molecular formula is C17H32N2. The van der Waals surface area contributed by atoms with Crippen molar-refractivity contribution in [3.8, 4) is 0 Å². The van der Waals surface area contributed by atoms with Crippen LogP contribution in [0.3, 0.4) is 0 Å². The Bertz CT molecular complexity index is 283. The molecule has 1 N–H and O–H groups in total. The van der Waals surface area contributed by atoms with Gasteiger partial charge in [-0.3, -0.25) is 0 Å². The minimum Gasteiger partial charge on any atom is -0.309 e. The molecule has 1 aliphatic heterocycles. The Morgan fingerprint density at radius 2 is 2.00 bits per heavy atom. The molecule has 2 nitrogen and oxygen atoms in total. The van der Waals surface area contributed by atoms with Gasteiger partial charge in [-0.2, -0.15) is 0 Å². The van der Waals surface area contributed by atoms with Gasteiger partial charge in [0.25, 0.3) is 0 Å². The van der Waals surface area contributed by atoms with Crippen LogP contribution in [-0.2, 0) is 0 Å². The maximum Gasteiger partial charge on any atom is 0.0309 e. The molecule has 19 heavy (non-hydrogen) atoms. The van der Waals surface area contributed by atoms with Gasteiger partial charge >= 0.3 is 0 Å². The van der Waals surface area contributed by atoms with Gasteiger partial charge in [-0.05, 0) is 44.1 Å². The lowest BCUT2D eigenvalue weighted by atomic mass is 9.80. The number of hydrogen-bond acceptors (Lipinski definition) is 2. The van der Waals surface area contributed by atoms with E-state index in [1.807, 2.05) is 0 Å². The Labute approximate surface area is 119 Å². The zero-order chi connectivity index (χ0) is 13.1. The third-order valence-corrected chi connectivity index (χ3v) is 5.91. The number of piperazine rings is 1. The molecule has 3 fully saturated rings. The summed E-state index contributed by atoms with van der Waals surface area (Å²) >= 11 is 0. The number of rotatable bonds is 3. The van der Waals surface area contributed by atoms with Crippen molar-refractivity contribution in [2.45, 2.75) is 70.3 Å². The van der Waals surface area contributed by atoms with Gasteiger partial charge in [-0.15, -0.1) is 0 Å². The molecule has 1 heterocycles. The van der Waals surface area contributed by atoms with Crippen molar-refractivity contribution in [2.75, 3.05) is 26.2 Å². The molecule has 110 valence electrons. The van der Waals surface area contributed by atoms with Gasteiger partial charge in [0.1, 0.15) is 0 Å². The summed E-state index contributed by atoms with van der Waals surface area (Å²) in [6.45, 7) is 7.64. The molecule has 0 aromatic heterocycles. The molecule has 2 heteroatoms. The predicted molar refractivity (Wildman–Crippen MR) is 81.4 cm³/mol. The highest BCUT2D eigenvalue weighted by molar-refractivity contribution is 4.98. The molecule has 2 saturated carbocycles. The van der Waals surface area contributed by atoms with E-state index in [-0.39, 0.29) is 0 Å². The maximum atomic E-state index is 3.83. The van der Waals surface area contributed by atoms with Gasteiger partial charge in [-0.1, -0.05) is 39.0 Å². The van der Waals surface area contributed by atoms with Gasteiger partial charge in [0.15, 0.2) is 0 Å². The highest BCUT2D eigenvalue weighted by Gasteiger charge is 2.37. The lowest BCUT2D eigenvalue weighted by Gasteiger charge is -2.42. The normalized spacial score (nSPS) is 35.8. The summed E-state index contributed by atoms with van der Waals surface area (Å²) in [6.07, 6.45) is 13.2. The van der Waals surface area contributed by atoms with E-state index in [2.05, 4.69) is 17.1 Å². The second kappa shape index (κ2) is 6.13. The molecule has 2 unspecified atom stereocenters. The molecule has 0 aromatic rings. The van der Waals surface area contributed by atoms with Gasteiger partial charge in [0, 0.05) is 25.2 Å². The Morgan fingerprint density at radius 1 is 1.16 bits per heavy atom. The maximum absolute atomic E-state index is 3.83. The van der Waals surface area contributed by atoms with Gasteiger partial charge in [0.2, 0.25) is 0 Å². The van der Waals surface area contributed by atoms with Crippen molar-refractivity contribution in [2.24, 2.45) is 11.8 Å². The largest absolute Gasteiger partial charge is 0.309 e. The average molecular weight is 264 g/mol. The SMILES string of the molecule is CC1CCCC(CCN2CCNC3(CCCC3)C2)C1. The van der Waals surface area contributed by atoms with Crippen LogP contribution in [0.15, 0.2) is 0 Å². The molecule has 3 rings (SSSR count). The first kappa shape index (κ1) is 13.9. The lowest BCUT2D eigenvalue weighted by Crippen LogP contribution is -2.59. The molecule has 0 amide bonds. The fourth-order valence-corrected chi connectivity index (χ4v) is 4.81. The van der Waals surface area contributed by atoms with Crippen LogP contribution in [0.2, 0.25) is 0 Å². The van der Waals surface area contributed by atoms with E-state index in [1.165, 1.54) is 84.0 Å². The monoisotopic (exact) mass is 264 g/mol. The number of hydrogen-bond donors (Lipinski definition) is 1. The first-order valence-electron chi connectivity index (χ1n) is 8.73. The highest BCUT2D eigenvalue weighted by atomic mass is 15.2. The molecule has 0 radical (unpaired) electrons. The van der Waals surface area contributed by atoms with Gasteiger partial charge in [0.05, 0.1) is 0 Å². The lowest BCUT2D eigenvalue weighted by molar-refractivity contribution is 0.122. The summed E-state index contributed by atoms with van der Waals surface area (Å²) in [7, 11) is 0. The van der Waals surface area contributed by atoms with Crippen molar-refractivity contribution in [3.63, 3.8) is 0 Å². The summed E-state index contributed by atoms with van der Waals surface area (Å²) in [5.41, 5.74) is 0.512. The zero-order valence-electron chi connectivity index (χ0n) is 12.8. The van der Waals surface area contributed by atoms with Gasteiger partial charge in [-0.25, -0.2) is 0 Å². The average Bonchev–Trinajstić information content (AvgIpc) is 2.85. The first-order chi connectivity index (χ1) is 9.26. The van der Waals surface area contributed by atoms with Crippen LogP contribution in [0, 0.1) is 11.8 Å². The molecular weight excluding hydrogens is 232 g/mol. The van der Waals surface area contributed by atoms with Crippen LogP contribution in [0.25, 0.3) is 0 Å². The fraction of sp³-hybridized carbons (Fsp3) is 1.00. The predicted octanol–water partition coefficient (Wildman–Crippen LogP) is 3.42. The van der Waals surface area contributed by atoms with E-state index in [4.69, 9.17) is 0 Å². The van der Waals surface area contributed by atoms with Crippen LogP contribution in [0.4, 0.5) is 0 Å². The Balaban J connectivity index is 1.44. The van der Waals surface area contributed by atoms with E-state index in [0.29, 0.717) is 5.54 Å². The van der Waals surface area contributed by atoms with E-state index in [1.54, 1.807) is 0 Å². The molecule has 0 bridgehead atoms. The van der Waals surface area contributed by atoms with E-state index in [0.717, 1.165) is 11.8 Å². The zero-order valence-corrected chi connectivity index (χ0v) is 12.8. The van der Waals surface area contributed by atoms with Crippen molar-refractivity contribution in [3.05, 3.63) is 0 Å². The number of nitrogens with zero attached hydrogens (tertiary/aromatic N) is 1. The second-order valence-corrected chi connectivity index (χ2v) is 7.62. The summed E-state index contributed by atoms with van der Waals surface area (Å²) in [5.74, 6) is 2.01. The smallest absolute Gasteiger partial charge is 0.0309 e. The van der Waals surface area contributed by atoms with E-state index < -0.39 is 0 Å². The quantitative estimate of drug-likeness (QED) is 0.840. The molecule has 3 aliphatic rings. The second-order valence-electron chi connectivity index (χ2n) is 7.62. The minimum absolute atomic E-state index is 0.512. The molecule has 2 atom stereocenters. The van der Waals surface area contributed by atoms with E-state index >= 15 is 0 Å². The summed E-state index contributed by atoms with van der Waals surface area (Å²) in [6, 6.07) is 0. The standard InChI is InChI=1S/C17H32N2/c1-15-5-4-6-16(13-15)7-11-19-12-10-18-17(14-19)8-2-3-9-17/h15-16,18H,2-14H2,1H3. The van der Waals surface area contributed by atoms with Crippen molar-refractivity contribution in [1.82, 2.24) is 10.2 Å². The minimum atomic E-state index is 0.512. The van der Waals surface area contributed by atoms with Crippen LogP contribution in [0.5, 0.6) is 0 Å². The molecule has 1 saturated heterocycles. The highest BCUT2D eigenvalue weighted by Crippen LogP contribution is 2.33. The third-order valence-electron chi connectivity index (χ3n) is 5.91. The number of nitrogens with one attached hydrogen (secondary N) is 1. The molecule has 0 aromatic carbocycles. The van der Waals surface area contributed by atoms with E-state index in [9.17, 15) is 0 Å². The topological polar surface area (TPSA) is 15.3 Å². The Morgan fingerprint density at radius 3 is 2.79 bits per heavy atom. The third kappa shape index (κ3) is 3.52.